The fourth-order valence-corrected chi connectivity index (χ4v) is 12.3. The predicted molar refractivity (Wildman–Crippen MR) is 331 cm³/mol. The van der Waals surface area contributed by atoms with Gasteiger partial charge in [-0.1, -0.05) is 152 Å². The minimum Gasteiger partial charge on any atom is -0.453 e. The lowest BCUT2D eigenvalue weighted by atomic mass is 10.1. The molecule has 0 spiro atoms. The zero-order valence-electron chi connectivity index (χ0n) is 43.3. The lowest BCUT2D eigenvalue weighted by molar-refractivity contribution is 0.655. The molecular formula is C72H49N7O. The SMILES string of the molecule is c1ccc(N(c2ccccc2)c2cc3oc4cc5c(cc4n4c6ccccc6n(-c6ccccc6)c(c2)c34)n2c3ccccc3n(-c3ccccc3)c3cc(N(c4ccccc4)c4ccccc4)cc(c32)n5-c2ccccc2)cc1. The quantitative estimate of drug-likeness (QED) is 0.107. The second kappa shape index (κ2) is 18.4. The Hall–Kier alpha value is -11.0. The van der Waals surface area contributed by atoms with Crippen LogP contribution in [0, 0.1) is 0 Å². The van der Waals surface area contributed by atoms with E-state index in [1.807, 2.05) is 0 Å². The summed E-state index contributed by atoms with van der Waals surface area (Å²) in [7, 11) is 0. The van der Waals surface area contributed by atoms with Gasteiger partial charge >= 0.3 is 0 Å². The molecule has 0 amide bonds. The second-order valence-electron chi connectivity index (χ2n) is 20.2. The van der Waals surface area contributed by atoms with Gasteiger partial charge in [-0.3, -0.25) is 4.40 Å². The summed E-state index contributed by atoms with van der Waals surface area (Å²) in [6.07, 6.45) is 0. The standard InChI is InChI=1S/C72H49N7O/c1-8-26-50(27-9-1)73(51-28-10-2-11-29-51)57-44-66-71-67(45-57)77(56-38-20-7-21-39-56)64-49-69-65(48-63(64)78(71)61-42-24-22-40-59(61)75(66)54-34-16-5-17-35-54)79-62-43-25-23-41-60(62)76(55-36-18-6-19-37-55)68-46-58(47-70(80-69)72(68)79)74(52-30-12-3-13-31-52)53-32-14-4-15-33-53/h1-49H. The van der Waals surface area contributed by atoms with E-state index in [0.717, 1.165) is 129 Å². The summed E-state index contributed by atoms with van der Waals surface area (Å²) in [5, 5.41) is 0. The zero-order chi connectivity index (χ0) is 52.7. The Morgan fingerprint density at radius 2 is 0.537 bits per heavy atom. The Balaban J connectivity index is 1.12. The number of para-hydroxylation sites is 11. The van der Waals surface area contributed by atoms with Crippen molar-refractivity contribution in [3.8, 4) is 17.1 Å². The second-order valence-corrected chi connectivity index (χ2v) is 20.2. The van der Waals surface area contributed by atoms with Crippen molar-refractivity contribution in [2.75, 3.05) is 9.80 Å². The van der Waals surface area contributed by atoms with Crippen LogP contribution in [0.25, 0.3) is 94.4 Å². The summed E-state index contributed by atoms with van der Waals surface area (Å²) in [4.78, 5) is 4.69. The first-order chi connectivity index (χ1) is 39.7. The normalized spacial score (nSPS) is 11.8. The molecule has 0 N–H and O–H groups in total. The molecule has 0 atom stereocenters. The van der Waals surface area contributed by atoms with E-state index in [1.54, 1.807) is 0 Å². The van der Waals surface area contributed by atoms with Gasteiger partial charge in [0.1, 0.15) is 5.52 Å². The van der Waals surface area contributed by atoms with Crippen molar-refractivity contribution in [1.29, 1.82) is 0 Å². The number of anilines is 6. The van der Waals surface area contributed by atoms with E-state index >= 15 is 0 Å². The lowest BCUT2D eigenvalue weighted by Crippen LogP contribution is -2.14. The number of hydrogen-bond donors (Lipinski definition) is 0. The molecule has 0 saturated heterocycles. The van der Waals surface area contributed by atoms with Crippen LogP contribution in [0.2, 0.25) is 0 Å². The summed E-state index contributed by atoms with van der Waals surface area (Å²) < 4.78 is 19.8. The smallest absolute Gasteiger partial charge is 0.155 e. The minimum atomic E-state index is 0.737. The Morgan fingerprint density at radius 1 is 0.212 bits per heavy atom. The largest absolute Gasteiger partial charge is 0.453 e. The molecule has 0 radical (unpaired) electrons. The van der Waals surface area contributed by atoms with E-state index < -0.39 is 0 Å². The molecule has 0 aliphatic rings. The fraction of sp³-hybridized carbons (Fsp3) is 0. The Kier molecular flexibility index (Phi) is 10.4. The Labute approximate surface area is 460 Å². The maximum atomic E-state index is 7.60. The molecule has 0 aliphatic carbocycles. The first-order valence-electron chi connectivity index (χ1n) is 27.1. The summed E-state index contributed by atoms with van der Waals surface area (Å²) in [5.74, 6) is 0. The fourth-order valence-electron chi connectivity index (χ4n) is 12.3. The van der Waals surface area contributed by atoms with Crippen LogP contribution in [-0.4, -0.2) is 22.5 Å². The third-order valence-electron chi connectivity index (χ3n) is 15.6. The van der Waals surface area contributed by atoms with Crippen molar-refractivity contribution in [1.82, 2.24) is 22.5 Å². The molecule has 378 valence electrons. The molecule has 16 aromatic rings. The highest BCUT2D eigenvalue weighted by molar-refractivity contribution is 6.11. The van der Waals surface area contributed by atoms with E-state index in [0.29, 0.717) is 0 Å². The van der Waals surface area contributed by atoms with E-state index in [1.165, 1.54) is 0 Å². The molecule has 0 unspecified atom stereocenters. The average Bonchev–Trinajstić information content (AvgIpc) is 3.51. The van der Waals surface area contributed by atoms with Gasteiger partial charge < -0.3 is 32.3 Å². The number of hydrogen-bond acceptors (Lipinski definition) is 3. The highest BCUT2D eigenvalue weighted by Crippen LogP contribution is 2.45. The maximum Gasteiger partial charge on any atom is 0.155 e. The first kappa shape index (κ1) is 45.3. The summed E-state index contributed by atoms with van der Waals surface area (Å²) in [5.41, 5.74) is 23.0. The number of benzene rings is 12. The van der Waals surface area contributed by atoms with Crippen molar-refractivity contribution in [2.45, 2.75) is 0 Å². The average molecular weight is 1030 g/mol. The third kappa shape index (κ3) is 7.09. The Morgan fingerprint density at radius 3 is 0.950 bits per heavy atom. The van der Waals surface area contributed by atoms with Crippen LogP contribution >= 0.6 is 0 Å². The zero-order valence-corrected chi connectivity index (χ0v) is 43.3. The van der Waals surface area contributed by atoms with Gasteiger partial charge in [-0.15, -0.1) is 0 Å². The number of aromatic nitrogens is 5. The molecule has 4 heterocycles. The van der Waals surface area contributed by atoms with Crippen molar-refractivity contribution >= 4 is 111 Å². The van der Waals surface area contributed by atoms with Gasteiger partial charge in [-0.05, 0) is 133 Å². The van der Waals surface area contributed by atoms with E-state index in [2.05, 4.69) is 330 Å². The number of nitrogens with zero attached hydrogens (tertiary/aromatic N) is 7. The molecule has 4 aromatic heterocycles. The first-order valence-corrected chi connectivity index (χ1v) is 27.1. The van der Waals surface area contributed by atoms with Crippen LogP contribution in [0.5, 0.6) is 0 Å². The van der Waals surface area contributed by atoms with Crippen LogP contribution in [0.15, 0.2) is 302 Å². The molecule has 80 heavy (non-hydrogen) atoms. The van der Waals surface area contributed by atoms with Crippen LogP contribution < -0.4 is 9.80 Å². The number of rotatable bonds is 9. The molecule has 12 aromatic carbocycles. The monoisotopic (exact) mass is 1030 g/mol. The highest BCUT2D eigenvalue weighted by atomic mass is 16.3. The van der Waals surface area contributed by atoms with Gasteiger partial charge in [-0.2, -0.15) is 0 Å². The van der Waals surface area contributed by atoms with Crippen LogP contribution in [0.1, 0.15) is 0 Å². The van der Waals surface area contributed by atoms with Gasteiger partial charge in [0.15, 0.2) is 11.2 Å². The van der Waals surface area contributed by atoms with Crippen LogP contribution in [0.4, 0.5) is 34.1 Å². The molecule has 16 rings (SSSR count). The molecule has 8 heteroatoms. The van der Waals surface area contributed by atoms with E-state index in [4.69, 9.17) is 4.42 Å². The van der Waals surface area contributed by atoms with Gasteiger partial charge in [0.2, 0.25) is 0 Å². The summed E-state index contributed by atoms with van der Waals surface area (Å²) in [6.45, 7) is 0. The van der Waals surface area contributed by atoms with E-state index in [-0.39, 0.29) is 0 Å². The van der Waals surface area contributed by atoms with Gasteiger partial charge in [0.05, 0.1) is 72.1 Å². The molecular weight excluding hydrogens is 979 g/mol. The lowest BCUT2D eigenvalue weighted by Gasteiger charge is -2.29. The molecule has 0 fully saturated rings. The molecule has 8 nitrogen and oxygen atoms in total. The predicted octanol–water partition coefficient (Wildman–Crippen LogP) is 19.1. The highest BCUT2D eigenvalue weighted by Gasteiger charge is 2.26. The van der Waals surface area contributed by atoms with Crippen molar-refractivity contribution in [2.24, 2.45) is 0 Å². The van der Waals surface area contributed by atoms with Gasteiger partial charge in [-0.25, -0.2) is 0 Å². The molecule has 0 bridgehead atoms. The minimum absolute atomic E-state index is 0.737. The van der Waals surface area contributed by atoms with Gasteiger partial charge in [0.25, 0.3) is 0 Å². The van der Waals surface area contributed by atoms with Gasteiger partial charge in [0, 0.05) is 51.9 Å². The molecule has 0 saturated carbocycles. The topological polar surface area (TPSA) is 43.2 Å². The Bertz CT molecular complexity index is 4960. The van der Waals surface area contributed by atoms with Crippen LogP contribution in [0.3, 0.4) is 0 Å². The summed E-state index contributed by atoms with van der Waals surface area (Å²) in [6, 6.07) is 106. The van der Waals surface area contributed by atoms with Crippen molar-refractivity contribution in [3.63, 3.8) is 0 Å². The number of fused-ring (bicyclic) bond motifs is 8. The third-order valence-corrected chi connectivity index (χ3v) is 15.6. The van der Waals surface area contributed by atoms with Crippen molar-refractivity contribution in [3.05, 3.63) is 297 Å². The van der Waals surface area contributed by atoms with Crippen molar-refractivity contribution < 1.29 is 4.42 Å². The van der Waals surface area contributed by atoms with E-state index in [9.17, 15) is 0 Å². The summed E-state index contributed by atoms with van der Waals surface area (Å²) >= 11 is 0. The molecule has 0 aliphatic heterocycles. The maximum absolute atomic E-state index is 7.60. The van der Waals surface area contributed by atoms with Crippen LogP contribution in [-0.2, 0) is 0 Å².